The highest BCUT2D eigenvalue weighted by molar-refractivity contribution is 6.30. The molecule has 0 heterocycles. The van der Waals surface area contributed by atoms with E-state index in [1.54, 1.807) is 0 Å². The Morgan fingerprint density at radius 1 is 1.30 bits per heavy atom. The van der Waals surface area contributed by atoms with Crippen LogP contribution in [0.1, 0.15) is 0 Å². The van der Waals surface area contributed by atoms with E-state index in [1.165, 1.54) is 0 Å². The summed E-state index contributed by atoms with van der Waals surface area (Å²) in [5.41, 5.74) is 4.72. The van der Waals surface area contributed by atoms with Crippen LogP contribution in [0.25, 0.3) is 0 Å². The molecule has 0 aliphatic carbocycles. The molecule has 1 rings (SSSR count). The maximum Gasteiger partial charge on any atom is 0.491 e. The van der Waals surface area contributed by atoms with Gasteiger partial charge < -0.3 is 15.2 Å². The lowest BCUT2D eigenvalue weighted by Crippen LogP contribution is -2.41. The highest BCUT2D eigenvalue weighted by Gasteiger charge is 2.43. The van der Waals surface area contributed by atoms with Gasteiger partial charge in [-0.1, -0.05) is 11.6 Å². The number of rotatable bonds is 4. The number of hydrogen-bond acceptors (Lipinski definition) is 4. The van der Waals surface area contributed by atoms with Crippen molar-refractivity contribution in [3.8, 4) is 5.75 Å². The van der Waals surface area contributed by atoms with E-state index < -0.39 is 35.9 Å². The predicted octanol–water partition coefficient (Wildman–Crippen LogP) is 1.77. The Balaban J connectivity index is 2.85. The average Bonchev–Trinajstić information content (AvgIpc) is 2.31. The van der Waals surface area contributed by atoms with Crippen molar-refractivity contribution in [1.29, 1.82) is 0 Å². The molecule has 0 aliphatic heterocycles. The maximum absolute atomic E-state index is 13.1. The minimum atomic E-state index is -5.33. The van der Waals surface area contributed by atoms with E-state index in [1.807, 2.05) is 0 Å². The lowest BCUT2D eigenvalue weighted by atomic mass is 10.3. The monoisotopic (exact) mass is 315 g/mol. The number of carbonyl (C=O) groups is 2. The second kappa shape index (κ2) is 5.95. The number of hydrogen-bond donors (Lipinski definition) is 1. The summed E-state index contributed by atoms with van der Waals surface area (Å²) >= 11 is 5.37. The molecular formula is C10H6ClF4NO4. The van der Waals surface area contributed by atoms with E-state index in [4.69, 9.17) is 17.3 Å². The van der Waals surface area contributed by atoms with Crippen LogP contribution in [0.4, 0.5) is 17.6 Å². The molecule has 1 aromatic carbocycles. The van der Waals surface area contributed by atoms with Crippen LogP contribution in [-0.2, 0) is 14.3 Å². The molecule has 20 heavy (non-hydrogen) atoms. The standard InChI is InChI=1S/C10H6ClF4NO4/c11-5-2-1-4(3-6(5)12)19-8(7(16)17)20-9(18)10(13,14)15/h1-3,8H,(H2,16,17). The Morgan fingerprint density at radius 2 is 1.90 bits per heavy atom. The van der Waals surface area contributed by atoms with E-state index in [2.05, 4.69) is 9.47 Å². The maximum atomic E-state index is 13.1. The Hall–Kier alpha value is -2.03. The van der Waals surface area contributed by atoms with Gasteiger partial charge in [-0.3, -0.25) is 4.79 Å². The molecule has 10 heteroatoms. The van der Waals surface area contributed by atoms with Crippen LogP contribution in [0, 0.1) is 5.82 Å². The minimum Gasteiger partial charge on any atom is -0.446 e. The number of alkyl halides is 3. The topological polar surface area (TPSA) is 78.6 Å². The molecule has 0 saturated heterocycles. The molecule has 0 radical (unpaired) electrons. The number of esters is 1. The molecule has 2 N–H and O–H groups in total. The first-order chi connectivity index (χ1) is 9.11. The van der Waals surface area contributed by atoms with Crippen LogP contribution in [0.15, 0.2) is 18.2 Å². The molecule has 0 bridgehead atoms. The number of amides is 1. The summed E-state index contributed by atoms with van der Waals surface area (Å²) in [6.07, 6.45) is -7.69. The van der Waals surface area contributed by atoms with Gasteiger partial charge in [-0.25, -0.2) is 9.18 Å². The zero-order chi connectivity index (χ0) is 15.5. The number of ether oxygens (including phenoxy) is 2. The molecule has 1 unspecified atom stereocenters. The quantitative estimate of drug-likeness (QED) is 0.522. The molecule has 1 amide bonds. The first kappa shape index (κ1) is 16.0. The zero-order valence-corrected chi connectivity index (χ0v) is 10.2. The molecular weight excluding hydrogens is 310 g/mol. The summed E-state index contributed by atoms with van der Waals surface area (Å²) in [5, 5.41) is -0.278. The summed E-state index contributed by atoms with van der Waals surface area (Å²) in [6, 6.07) is 2.75. The number of benzene rings is 1. The number of nitrogens with two attached hydrogens (primary N) is 1. The SMILES string of the molecule is NC(=O)C(OC(=O)C(F)(F)F)Oc1ccc(Cl)c(F)c1. The highest BCUT2D eigenvalue weighted by Crippen LogP contribution is 2.23. The molecule has 0 saturated carbocycles. The van der Waals surface area contributed by atoms with Gasteiger partial charge in [-0.2, -0.15) is 13.2 Å². The van der Waals surface area contributed by atoms with Gasteiger partial charge in [-0.15, -0.1) is 0 Å². The normalized spacial score (nSPS) is 12.7. The molecule has 0 fully saturated rings. The van der Waals surface area contributed by atoms with Crippen molar-refractivity contribution in [2.45, 2.75) is 12.5 Å². The Morgan fingerprint density at radius 3 is 2.35 bits per heavy atom. The van der Waals surface area contributed by atoms with Gasteiger partial charge in [0.1, 0.15) is 11.6 Å². The molecule has 5 nitrogen and oxygen atoms in total. The third-order valence-corrected chi connectivity index (χ3v) is 2.12. The average molecular weight is 316 g/mol. The van der Waals surface area contributed by atoms with Crippen LogP contribution in [0.2, 0.25) is 5.02 Å². The number of halogens is 5. The van der Waals surface area contributed by atoms with Crippen molar-refractivity contribution in [2.75, 3.05) is 0 Å². The number of primary amides is 1. The van der Waals surface area contributed by atoms with Crippen molar-refractivity contribution < 1.29 is 36.6 Å². The van der Waals surface area contributed by atoms with E-state index in [9.17, 15) is 27.2 Å². The third kappa shape index (κ3) is 4.26. The molecule has 110 valence electrons. The third-order valence-electron chi connectivity index (χ3n) is 1.81. The van der Waals surface area contributed by atoms with E-state index in [-0.39, 0.29) is 5.02 Å². The first-order valence-corrected chi connectivity index (χ1v) is 5.18. The summed E-state index contributed by atoms with van der Waals surface area (Å²) in [6.45, 7) is 0. The fourth-order valence-corrected chi connectivity index (χ4v) is 1.10. The fraction of sp³-hybridized carbons (Fsp3) is 0.200. The van der Waals surface area contributed by atoms with Crippen molar-refractivity contribution in [3.63, 3.8) is 0 Å². The van der Waals surface area contributed by atoms with Crippen molar-refractivity contribution >= 4 is 23.5 Å². The van der Waals surface area contributed by atoms with Crippen LogP contribution < -0.4 is 10.5 Å². The van der Waals surface area contributed by atoms with Gasteiger partial charge in [0.25, 0.3) is 5.91 Å². The second-order valence-corrected chi connectivity index (χ2v) is 3.74. The van der Waals surface area contributed by atoms with E-state index in [0.717, 1.165) is 12.1 Å². The molecule has 1 aromatic rings. The second-order valence-electron chi connectivity index (χ2n) is 3.33. The van der Waals surface area contributed by atoms with Crippen LogP contribution in [0.3, 0.4) is 0 Å². The minimum absolute atomic E-state index is 0.278. The molecule has 0 aromatic heterocycles. The molecule has 0 aliphatic rings. The summed E-state index contributed by atoms with van der Waals surface area (Å²) < 4.78 is 57.3. The van der Waals surface area contributed by atoms with Gasteiger partial charge in [0.05, 0.1) is 5.02 Å². The van der Waals surface area contributed by atoms with Gasteiger partial charge in [0.15, 0.2) is 0 Å². The zero-order valence-electron chi connectivity index (χ0n) is 9.41. The van der Waals surface area contributed by atoms with Crippen molar-refractivity contribution in [3.05, 3.63) is 29.0 Å². The Kier molecular flexibility index (Phi) is 4.77. The Bertz CT molecular complexity index is 534. The van der Waals surface area contributed by atoms with Gasteiger partial charge in [0, 0.05) is 6.07 Å². The highest BCUT2D eigenvalue weighted by atomic mass is 35.5. The molecule has 1 atom stereocenters. The largest absolute Gasteiger partial charge is 0.491 e. The van der Waals surface area contributed by atoms with Crippen LogP contribution in [0.5, 0.6) is 5.75 Å². The lowest BCUT2D eigenvalue weighted by molar-refractivity contribution is -0.215. The van der Waals surface area contributed by atoms with E-state index >= 15 is 0 Å². The first-order valence-electron chi connectivity index (χ1n) is 4.80. The lowest BCUT2D eigenvalue weighted by Gasteiger charge is -2.17. The van der Waals surface area contributed by atoms with Gasteiger partial charge in [-0.05, 0) is 12.1 Å². The fourth-order valence-electron chi connectivity index (χ4n) is 0.978. The summed E-state index contributed by atoms with van der Waals surface area (Å²) in [7, 11) is 0. The van der Waals surface area contributed by atoms with Gasteiger partial charge in [0.2, 0.25) is 0 Å². The van der Waals surface area contributed by atoms with Gasteiger partial charge >= 0.3 is 18.4 Å². The smallest absolute Gasteiger partial charge is 0.446 e. The van der Waals surface area contributed by atoms with Crippen molar-refractivity contribution in [2.24, 2.45) is 5.73 Å². The molecule has 0 spiro atoms. The van der Waals surface area contributed by atoms with Crippen molar-refractivity contribution in [1.82, 2.24) is 0 Å². The van der Waals surface area contributed by atoms with E-state index in [0.29, 0.717) is 6.07 Å². The number of carbonyl (C=O) groups excluding carboxylic acids is 2. The summed E-state index contributed by atoms with van der Waals surface area (Å²) in [5.74, 6) is -5.52. The predicted molar refractivity (Wildman–Crippen MR) is 57.2 cm³/mol. The Labute approximate surface area is 114 Å². The van der Waals surface area contributed by atoms with Crippen LogP contribution in [-0.4, -0.2) is 24.3 Å². The van der Waals surface area contributed by atoms with Crippen LogP contribution >= 0.6 is 11.6 Å². The summed E-state index contributed by atoms with van der Waals surface area (Å²) in [4.78, 5) is 21.4.